The van der Waals surface area contributed by atoms with Crippen LogP contribution in [0, 0.1) is 0 Å². The van der Waals surface area contributed by atoms with Crippen LogP contribution in [-0.2, 0) is 9.53 Å². The van der Waals surface area contributed by atoms with Crippen LogP contribution in [0.5, 0.6) is 0 Å². The van der Waals surface area contributed by atoms with Gasteiger partial charge in [-0.05, 0) is 39.3 Å². The van der Waals surface area contributed by atoms with Crippen LogP contribution in [0.1, 0.15) is 32.6 Å². The fourth-order valence-corrected chi connectivity index (χ4v) is 3.22. The van der Waals surface area contributed by atoms with Gasteiger partial charge >= 0.3 is 0 Å². The molecule has 0 bridgehead atoms. The summed E-state index contributed by atoms with van der Waals surface area (Å²) in [5.41, 5.74) is 5.70. The van der Waals surface area contributed by atoms with E-state index in [2.05, 4.69) is 4.90 Å². The molecule has 2 atom stereocenters. The number of nitrogens with zero attached hydrogens (tertiary/aromatic N) is 2. The van der Waals surface area contributed by atoms with Crippen molar-refractivity contribution in [2.24, 2.45) is 5.73 Å². The van der Waals surface area contributed by atoms with Crippen molar-refractivity contribution in [2.45, 2.75) is 44.7 Å². The van der Waals surface area contributed by atoms with Crippen molar-refractivity contribution in [3.05, 3.63) is 0 Å². The molecule has 2 aliphatic heterocycles. The van der Waals surface area contributed by atoms with Gasteiger partial charge in [-0.2, -0.15) is 0 Å². The standard InChI is InChI=1S/C14H27N3O2/c1-12(14(18)16-8-10-19-11-9-16)17-7-3-2-4-13(17)5-6-15/h12-13H,2-11,15H2,1H3. The molecule has 0 saturated carbocycles. The number of carbonyl (C=O) groups is 1. The Morgan fingerprint density at radius 3 is 2.74 bits per heavy atom. The summed E-state index contributed by atoms with van der Waals surface area (Å²) in [5, 5.41) is 0. The zero-order chi connectivity index (χ0) is 13.7. The lowest BCUT2D eigenvalue weighted by Gasteiger charge is -2.41. The van der Waals surface area contributed by atoms with E-state index in [0.29, 0.717) is 25.8 Å². The predicted octanol–water partition coefficient (Wildman–Crippen LogP) is 0.437. The summed E-state index contributed by atoms with van der Waals surface area (Å²) < 4.78 is 5.31. The molecule has 2 unspecified atom stereocenters. The van der Waals surface area contributed by atoms with E-state index < -0.39 is 0 Å². The third-order valence-electron chi connectivity index (χ3n) is 4.35. The molecule has 0 radical (unpaired) electrons. The molecule has 1 amide bonds. The molecule has 0 aromatic rings. The minimum Gasteiger partial charge on any atom is -0.378 e. The Morgan fingerprint density at radius 2 is 2.05 bits per heavy atom. The van der Waals surface area contributed by atoms with Crippen LogP contribution in [-0.4, -0.2) is 67.2 Å². The van der Waals surface area contributed by atoms with Gasteiger partial charge in [-0.3, -0.25) is 9.69 Å². The molecule has 2 aliphatic rings. The van der Waals surface area contributed by atoms with E-state index >= 15 is 0 Å². The largest absolute Gasteiger partial charge is 0.378 e. The zero-order valence-corrected chi connectivity index (χ0v) is 12.0. The molecule has 2 rings (SSSR count). The number of carbonyl (C=O) groups excluding carboxylic acids is 1. The van der Waals surface area contributed by atoms with Crippen LogP contribution in [0.2, 0.25) is 0 Å². The van der Waals surface area contributed by atoms with Gasteiger partial charge in [-0.25, -0.2) is 0 Å². The van der Waals surface area contributed by atoms with Crippen molar-refractivity contribution in [2.75, 3.05) is 39.4 Å². The number of morpholine rings is 1. The Bertz CT molecular complexity index is 290. The van der Waals surface area contributed by atoms with Gasteiger partial charge in [0.1, 0.15) is 0 Å². The van der Waals surface area contributed by atoms with Gasteiger partial charge in [0.05, 0.1) is 19.3 Å². The first-order valence-electron chi connectivity index (χ1n) is 7.56. The van der Waals surface area contributed by atoms with Gasteiger partial charge in [-0.1, -0.05) is 6.42 Å². The second-order valence-corrected chi connectivity index (χ2v) is 5.58. The van der Waals surface area contributed by atoms with E-state index in [1.807, 2.05) is 11.8 Å². The molecule has 2 saturated heterocycles. The summed E-state index contributed by atoms with van der Waals surface area (Å²) >= 11 is 0. The molecule has 0 spiro atoms. The first kappa shape index (κ1) is 14.8. The van der Waals surface area contributed by atoms with Crippen molar-refractivity contribution >= 4 is 5.91 Å². The lowest BCUT2D eigenvalue weighted by atomic mass is 9.97. The Morgan fingerprint density at radius 1 is 1.32 bits per heavy atom. The average Bonchev–Trinajstić information content (AvgIpc) is 2.47. The lowest BCUT2D eigenvalue weighted by molar-refractivity contribution is -0.142. The maximum atomic E-state index is 12.5. The van der Waals surface area contributed by atoms with Crippen molar-refractivity contribution < 1.29 is 9.53 Å². The molecule has 19 heavy (non-hydrogen) atoms. The molecular formula is C14H27N3O2. The maximum absolute atomic E-state index is 12.5. The Hall–Kier alpha value is -0.650. The van der Waals surface area contributed by atoms with E-state index in [0.717, 1.165) is 26.1 Å². The fourth-order valence-electron chi connectivity index (χ4n) is 3.22. The van der Waals surface area contributed by atoms with Crippen LogP contribution < -0.4 is 5.73 Å². The van der Waals surface area contributed by atoms with Gasteiger partial charge in [-0.15, -0.1) is 0 Å². The second kappa shape index (κ2) is 7.22. The van der Waals surface area contributed by atoms with Crippen molar-refractivity contribution in [1.82, 2.24) is 9.80 Å². The quantitative estimate of drug-likeness (QED) is 0.804. The van der Waals surface area contributed by atoms with Gasteiger partial charge in [0.25, 0.3) is 0 Å². The smallest absolute Gasteiger partial charge is 0.239 e. The summed E-state index contributed by atoms with van der Waals surface area (Å²) in [6, 6.07) is 0.466. The highest BCUT2D eigenvalue weighted by molar-refractivity contribution is 5.81. The molecule has 5 nitrogen and oxygen atoms in total. The number of likely N-dealkylation sites (tertiary alicyclic amines) is 1. The number of rotatable bonds is 4. The Kier molecular flexibility index (Phi) is 5.60. The fraction of sp³-hybridized carbons (Fsp3) is 0.929. The molecule has 5 heteroatoms. The molecular weight excluding hydrogens is 242 g/mol. The average molecular weight is 269 g/mol. The first-order valence-corrected chi connectivity index (χ1v) is 7.56. The number of ether oxygens (including phenoxy) is 1. The summed E-state index contributed by atoms with van der Waals surface area (Å²) in [6.45, 7) is 6.60. The van der Waals surface area contributed by atoms with Crippen molar-refractivity contribution in [3.8, 4) is 0 Å². The monoisotopic (exact) mass is 269 g/mol. The second-order valence-electron chi connectivity index (χ2n) is 5.58. The molecule has 2 fully saturated rings. The normalized spacial score (nSPS) is 27.3. The summed E-state index contributed by atoms with van der Waals surface area (Å²) in [5.74, 6) is 0.257. The zero-order valence-electron chi connectivity index (χ0n) is 12.0. The van der Waals surface area contributed by atoms with Crippen LogP contribution >= 0.6 is 0 Å². The number of nitrogens with two attached hydrogens (primary N) is 1. The summed E-state index contributed by atoms with van der Waals surface area (Å²) in [4.78, 5) is 16.9. The van der Waals surface area contributed by atoms with Crippen LogP contribution in [0.15, 0.2) is 0 Å². The van der Waals surface area contributed by atoms with Gasteiger partial charge < -0.3 is 15.4 Å². The van der Waals surface area contributed by atoms with Crippen molar-refractivity contribution in [1.29, 1.82) is 0 Å². The van der Waals surface area contributed by atoms with Gasteiger partial charge in [0.15, 0.2) is 0 Å². The highest BCUT2D eigenvalue weighted by atomic mass is 16.5. The lowest BCUT2D eigenvalue weighted by Crippen LogP contribution is -2.54. The molecule has 110 valence electrons. The van der Waals surface area contributed by atoms with Crippen LogP contribution in [0.25, 0.3) is 0 Å². The SMILES string of the molecule is CC(C(=O)N1CCOCC1)N1CCCCC1CCN. The van der Waals surface area contributed by atoms with E-state index in [9.17, 15) is 4.79 Å². The number of amides is 1. The van der Waals surface area contributed by atoms with Crippen LogP contribution in [0.4, 0.5) is 0 Å². The highest BCUT2D eigenvalue weighted by Crippen LogP contribution is 2.22. The van der Waals surface area contributed by atoms with E-state index in [1.54, 1.807) is 0 Å². The molecule has 0 aliphatic carbocycles. The maximum Gasteiger partial charge on any atom is 0.239 e. The minimum atomic E-state index is -0.0186. The van der Waals surface area contributed by atoms with Crippen LogP contribution in [0.3, 0.4) is 0 Å². The third-order valence-corrected chi connectivity index (χ3v) is 4.35. The third kappa shape index (κ3) is 3.68. The van der Waals surface area contributed by atoms with Gasteiger partial charge in [0.2, 0.25) is 5.91 Å². The summed E-state index contributed by atoms with van der Waals surface area (Å²) in [6.07, 6.45) is 4.64. The van der Waals surface area contributed by atoms with E-state index in [-0.39, 0.29) is 11.9 Å². The summed E-state index contributed by atoms with van der Waals surface area (Å²) in [7, 11) is 0. The molecule has 0 aromatic heterocycles. The molecule has 0 aromatic carbocycles. The minimum absolute atomic E-state index is 0.0186. The topological polar surface area (TPSA) is 58.8 Å². The Balaban J connectivity index is 1.95. The van der Waals surface area contributed by atoms with Gasteiger partial charge in [0, 0.05) is 19.1 Å². The number of hydrogen-bond acceptors (Lipinski definition) is 4. The number of piperidine rings is 1. The van der Waals surface area contributed by atoms with E-state index in [4.69, 9.17) is 10.5 Å². The molecule has 2 N–H and O–H groups in total. The van der Waals surface area contributed by atoms with E-state index in [1.165, 1.54) is 19.3 Å². The van der Waals surface area contributed by atoms with Crippen molar-refractivity contribution in [3.63, 3.8) is 0 Å². The Labute approximate surface area is 116 Å². The predicted molar refractivity (Wildman–Crippen MR) is 74.9 cm³/mol. The highest BCUT2D eigenvalue weighted by Gasteiger charge is 2.32. The number of hydrogen-bond donors (Lipinski definition) is 1. The molecule has 2 heterocycles. The first-order chi connectivity index (χ1) is 9.24.